The monoisotopic (exact) mass is 380 g/mol. The Morgan fingerprint density at radius 3 is 2.88 bits per heavy atom. The van der Waals surface area contributed by atoms with Gasteiger partial charge < -0.3 is 10.1 Å². The van der Waals surface area contributed by atoms with Crippen molar-refractivity contribution in [2.24, 2.45) is 0 Å². The fourth-order valence-corrected chi connectivity index (χ4v) is 4.33. The van der Waals surface area contributed by atoms with E-state index in [1.54, 1.807) is 23.5 Å². The number of carbonyl (C=O) groups excluding carboxylic acids is 1. The topological polar surface area (TPSA) is 84.5 Å². The second-order valence-corrected chi connectivity index (χ2v) is 8.58. The smallest absolute Gasteiger partial charge is 0.251 e. The Labute approximate surface area is 151 Å². The van der Waals surface area contributed by atoms with Gasteiger partial charge in [0.25, 0.3) is 5.91 Å². The number of sulfonamides is 1. The zero-order valence-electron chi connectivity index (χ0n) is 13.6. The molecular weight excluding hydrogens is 360 g/mol. The standard InChI is InChI=1S/C17H20N2O4S2/c20-17(18-12-15-6-3-9-24-15)13-4-1-7-16(10-13)25(21,22)19-11-14-5-2-8-23-14/h1,3-4,6-7,9-10,14,19H,2,5,8,11-12H2,(H,18,20). The minimum Gasteiger partial charge on any atom is -0.377 e. The van der Waals surface area contributed by atoms with Crippen LogP contribution in [0, 0.1) is 0 Å². The molecule has 6 nitrogen and oxygen atoms in total. The molecule has 2 heterocycles. The van der Waals surface area contributed by atoms with Gasteiger partial charge in [-0.1, -0.05) is 12.1 Å². The maximum atomic E-state index is 12.4. The number of thiophene rings is 1. The van der Waals surface area contributed by atoms with E-state index in [0.717, 1.165) is 17.7 Å². The molecule has 0 saturated carbocycles. The average Bonchev–Trinajstić information content (AvgIpc) is 3.31. The summed E-state index contributed by atoms with van der Waals surface area (Å²) < 4.78 is 32.8. The van der Waals surface area contributed by atoms with E-state index in [2.05, 4.69) is 10.0 Å². The maximum absolute atomic E-state index is 12.4. The SMILES string of the molecule is O=C(NCc1cccs1)c1cccc(S(=O)(=O)NCC2CCCO2)c1. The van der Waals surface area contributed by atoms with Crippen LogP contribution in [0.5, 0.6) is 0 Å². The van der Waals surface area contributed by atoms with Crippen LogP contribution >= 0.6 is 11.3 Å². The molecule has 8 heteroatoms. The summed E-state index contributed by atoms with van der Waals surface area (Å²) in [5.74, 6) is -0.301. The summed E-state index contributed by atoms with van der Waals surface area (Å²) >= 11 is 1.55. The largest absolute Gasteiger partial charge is 0.377 e. The molecule has 1 aliphatic heterocycles. The fourth-order valence-electron chi connectivity index (χ4n) is 2.58. The second kappa shape index (κ2) is 8.09. The highest BCUT2D eigenvalue weighted by atomic mass is 32.2. The third-order valence-corrected chi connectivity index (χ3v) is 6.23. The fraction of sp³-hybridized carbons (Fsp3) is 0.353. The van der Waals surface area contributed by atoms with E-state index >= 15 is 0 Å². The molecule has 2 aromatic rings. The first kappa shape index (κ1) is 18.1. The lowest BCUT2D eigenvalue weighted by Crippen LogP contribution is -2.32. The number of ether oxygens (including phenoxy) is 1. The molecule has 3 rings (SSSR count). The van der Waals surface area contributed by atoms with Crippen LogP contribution < -0.4 is 10.0 Å². The van der Waals surface area contributed by atoms with Crippen molar-refractivity contribution >= 4 is 27.3 Å². The van der Waals surface area contributed by atoms with Crippen molar-refractivity contribution in [2.75, 3.05) is 13.2 Å². The first-order valence-electron chi connectivity index (χ1n) is 8.06. The molecule has 2 N–H and O–H groups in total. The van der Waals surface area contributed by atoms with Crippen molar-refractivity contribution in [3.05, 3.63) is 52.2 Å². The molecule has 1 atom stereocenters. The molecule has 1 aromatic carbocycles. The lowest BCUT2D eigenvalue weighted by Gasteiger charge is -2.12. The number of rotatable bonds is 7. The molecule has 1 unspecified atom stereocenters. The minimum atomic E-state index is -3.67. The van der Waals surface area contributed by atoms with Crippen molar-refractivity contribution in [3.63, 3.8) is 0 Å². The zero-order valence-corrected chi connectivity index (χ0v) is 15.2. The molecule has 134 valence electrons. The highest BCUT2D eigenvalue weighted by molar-refractivity contribution is 7.89. The van der Waals surface area contributed by atoms with Gasteiger partial charge in [0.15, 0.2) is 0 Å². The number of amides is 1. The summed E-state index contributed by atoms with van der Waals surface area (Å²) in [6.07, 6.45) is 1.73. The van der Waals surface area contributed by atoms with Crippen LogP contribution in [0.2, 0.25) is 0 Å². The van der Waals surface area contributed by atoms with Crippen LogP contribution in [0.25, 0.3) is 0 Å². The average molecular weight is 380 g/mol. The van der Waals surface area contributed by atoms with Gasteiger partial charge in [-0.2, -0.15) is 0 Å². The molecule has 1 fully saturated rings. The van der Waals surface area contributed by atoms with Crippen molar-refractivity contribution < 1.29 is 17.9 Å². The van der Waals surface area contributed by atoms with Gasteiger partial charge in [0.1, 0.15) is 0 Å². The van der Waals surface area contributed by atoms with E-state index in [9.17, 15) is 13.2 Å². The number of benzene rings is 1. The van der Waals surface area contributed by atoms with E-state index in [1.807, 2.05) is 17.5 Å². The predicted molar refractivity (Wildman–Crippen MR) is 96.1 cm³/mol. The number of nitrogens with one attached hydrogen (secondary N) is 2. The molecule has 1 aromatic heterocycles. The molecule has 1 amide bonds. The molecule has 0 bridgehead atoms. The minimum absolute atomic E-state index is 0.0768. The Morgan fingerprint density at radius 1 is 1.28 bits per heavy atom. The maximum Gasteiger partial charge on any atom is 0.251 e. The lowest BCUT2D eigenvalue weighted by atomic mass is 10.2. The highest BCUT2D eigenvalue weighted by Gasteiger charge is 2.21. The molecule has 1 saturated heterocycles. The quantitative estimate of drug-likeness (QED) is 0.771. The number of hydrogen-bond acceptors (Lipinski definition) is 5. The first-order valence-corrected chi connectivity index (χ1v) is 10.4. The molecule has 0 radical (unpaired) electrons. The number of carbonyl (C=O) groups is 1. The zero-order chi connectivity index (χ0) is 17.7. The molecule has 0 aliphatic carbocycles. The van der Waals surface area contributed by atoms with E-state index in [1.165, 1.54) is 12.1 Å². The van der Waals surface area contributed by atoms with Gasteiger partial charge >= 0.3 is 0 Å². The van der Waals surface area contributed by atoms with Gasteiger partial charge in [-0.3, -0.25) is 4.79 Å². The molecule has 25 heavy (non-hydrogen) atoms. The van der Waals surface area contributed by atoms with Crippen molar-refractivity contribution in [2.45, 2.75) is 30.4 Å². The third-order valence-electron chi connectivity index (χ3n) is 3.93. The Kier molecular flexibility index (Phi) is 5.85. The van der Waals surface area contributed by atoms with Crippen LogP contribution in [-0.2, 0) is 21.3 Å². The second-order valence-electron chi connectivity index (χ2n) is 5.78. The molecule has 1 aliphatic rings. The van der Waals surface area contributed by atoms with Gasteiger partial charge in [0.05, 0.1) is 17.5 Å². The van der Waals surface area contributed by atoms with Crippen LogP contribution in [0.15, 0.2) is 46.7 Å². The summed E-state index contributed by atoms with van der Waals surface area (Å²) in [5.41, 5.74) is 0.316. The molecule has 0 spiro atoms. The van der Waals surface area contributed by atoms with Crippen molar-refractivity contribution in [1.82, 2.24) is 10.0 Å². The third kappa shape index (κ3) is 4.88. The summed E-state index contributed by atoms with van der Waals surface area (Å²) in [4.78, 5) is 13.4. The van der Waals surface area contributed by atoms with Gasteiger partial charge in [0, 0.05) is 23.6 Å². The van der Waals surface area contributed by atoms with Crippen LogP contribution in [0.4, 0.5) is 0 Å². The Morgan fingerprint density at radius 2 is 2.16 bits per heavy atom. The van der Waals surface area contributed by atoms with Crippen molar-refractivity contribution in [1.29, 1.82) is 0 Å². The summed E-state index contributed by atoms with van der Waals surface area (Å²) in [6.45, 7) is 1.34. The normalized spacial score (nSPS) is 17.5. The Balaban J connectivity index is 1.64. The van der Waals surface area contributed by atoms with Gasteiger partial charge in [-0.25, -0.2) is 13.1 Å². The Hall–Kier alpha value is -1.74. The van der Waals surface area contributed by atoms with Crippen LogP contribution in [0.1, 0.15) is 28.1 Å². The highest BCUT2D eigenvalue weighted by Crippen LogP contribution is 2.15. The molecular formula is C17H20N2O4S2. The van der Waals surface area contributed by atoms with Gasteiger partial charge in [-0.05, 0) is 42.5 Å². The van der Waals surface area contributed by atoms with Crippen LogP contribution in [0.3, 0.4) is 0 Å². The summed E-state index contributed by atoms with van der Waals surface area (Å²) in [5, 5.41) is 4.73. The Bertz CT molecular complexity index is 813. The van der Waals surface area contributed by atoms with Crippen molar-refractivity contribution in [3.8, 4) is 0 Å². The van der Waals surface area contributed by atoms with E-state index in [-0.39, 0.29) is 23.5 Å². The van der Waals surface area contributed by atoms with E-state index in [0.29, 0.717) is 18.7 Å². The van der Waals surface area contributed by atoms with E-state index in [4.69, 9.17) is 4.74 Å². The van der Waals surface area contributed by atoms with E-state index < -0.39 is 10.0 Å². The van der Waals surface area contributed by atoms with Crippen LogP contribution in [-0.4, -0.2) is 33.6 Å². The van der Waals surface area contributed by atoms with Gasteiger partial charge in [-0.15, -0.1) is 11.3 Å². The number of hydrogen-bond donors (Lipinski definition) is 2. The first-order chi connectivity index (χ1) is 12.0. The predicted octanol–water partition coefficient (Wildman–Crippen LogP) is 2.14. The summed E-state index contributed by atoms with van der Waals surface area (Å²) in [7, 11) is -3.67. The van der Waals surface area contributed by atoms with Gasteiger partial charge in [0.2, 0.25) is 10.0 Å². The lowest BCUT2D eigenvalue weighted by molar-refractivity contribution is 0.0951. The summed E-state index contributed by atoms with van der Waals surface area (Å²) in [6, 6.07) is 9.89.